The van der Waals surface area contributed by atoms with Crippen molar-refractivity contribution >= 4 is 13.4 Å². The van der Waals surface area contributed by atoms with Gasteiger partial charge in [0.1, 0.15) is 0 Å². The highest BCUT2D eigenvalue weighted by Crippen LogP contribution is 2.19. The van der Waals surface area contributed by atoms with Gasteiger partial charge in [-0.2, -0.15) is 0 Å². The Morgan fingerprint density at radius 2 is 1.20 bits per heavy atom. The van der Waals surface area contributed by atoms with Crippen molar-refractivity contribution in [2.75, 3.05) is 0 Å². The lowest BCUT2D eigenvalue weighted by molar-refractivity contribution is -0.107. The summed E-state index contributed by atoms with van der Waals surface area (Å²) in [5, 5.41) is 39.7. The van der Waals surface area contributed by atoms with Crippen LogP contribution in [0.2, 0.25) is 0 Å². The maximum absolute atomic E-state index is 9.10. The molecule has 0 heterocycles. The predicted molar refractivity (Wildman–Crippen MR) is 81.5 cm³/mol. The molecule has 0 fully saturated rings. The van der Waals surface area contributed by atoms with Gasteiger partial charge in [-0.15, -0.1) is 0 Å². The van der Waals surface area contributed by atoms with E-state index in [-0.39, 0.29) is 0 Å². The van der Waals surface area contributed by atoms with Crippen molar-refractivity contribution in [3.05, 3.63) is 42.5 Å². The fraction of sp³-hybridized carbons (Fsp3) is 0.429. The van der Waals surface area contributed by atoms with Crippen LogP contribution >= 0.6 is 0 Å². The molecule has 0 bridgehead atoms. The number of hydrogen-bond acceptors (Lipinski definition) is 5. The van der Waals surface area contributed by atoms with Gasteiger partial charge in [0.25, 0.3) is 0 Å². The van der Waals surface area contributed by atoms with E-state index in [2.05, 4.69) is 6.58 Å². The predicted octanol–water partition coefficient (Wildman–Crippen LogP) is 0.806. The second-order valence-electron chi connectivity index (χ2n) is 5.08. The average Bonchev–Trinajstić information content (AvgIpc) is 2.27. The maximum atomic E-state index is 9.10. The van der Waals surface area contributed by atoms with Crippen LogP contribution in [0.25, 0.3) is 6.08 Å². The SMILES string of the molecule is C=Cc1ccccc1.CC(C)(O)C(C)(C)O.OB(O)O. The van der Waals surface area contributed by atoms with Crippen molar-refractivity contribution in [1.82, 2.24) is 0 Å². The van der Waals surface area contributed by atoms with Crippen molar-refractivity contribution < 1.29 is 25.3 Å². The summed E-state index contributed by atoms with van der Waals surface area (Å²) in [5.74, 6) is 0. The molecule has 1 rings (SSSR count). The van der Waals surface area contributed by atoms with Crippen molar-refractivity contribution in [1.29, 1.82) is 0 Å². The summed E-state index contributed by atoms with van der Waals surface area (Å²) < 4.78 is 0. The molecule has 0 aliphatic carbocycles. The van der Waals surface area contributed by atoms with Crippen LogP contribution in [0, 0.1) is 0 Å². The molecule has 1 aromatic carbocycles. The minimum Gasteiger partial charge on any atom is -0.402 e. The zero-order valence-corrected chi connectivity index (χ0v) is 12.5. The Labute approximate surface area is 121 Å². The van der Waals surface area contributed by atoms with Gasteiger partial charge in [0.05, 0.1) is 11.2 Å². The monoisotopic (exact) mass is 284 g/mol. The third-order valence-electron chi connectivity index (χ3n) is 2.53. The van der Waals surface area contributed by atoms with E-state index in [1.54, 1.807) is 27.7 Å². The molecule has 1 aromatic rings. The normalized spacial score (nSPS) is 10.4. The van der Waals surface area contributed by atoms with Crippen LogP contribution < -0.4 is 0 Å². The topological polar surface area (TPSA) is 101 Å². The summed E-state index contributed by atoms with van der Waals surface area (Å²) in [6.45, 7) is 9.94. The zero-order chi connectivity index (χ0) is 16.4. The second kappa shape index (κ2) is 9.69. The van der Waals surface area contributed by atoms with Gasteiger partial charge in [-0.05, 0) is 33.3 Å². The van der Waals surface area contributed by atoms with Crippen LogP contribution in [0.5, 0.6) is 0 Å². The maximum Gasteiger partial charge on any atom is 0.631 e. The van der Waals surface area contributed by atoms with Crippen molar-refractivity contribution in [2.24, 2.45) is 0 Å². The minimum absolute atomic E-state index is 1.01. The first-order valence-electron chi connectivity index (χ1n) is 6.08. The third kappa shape index (κ3) is 13.3. The van der Waals surface area contributed by atoms with Crippen molar-refractivity contribution in [3.63, 3.8) is 0 Å². The Kier molecular flexibility index (Phi) is 10.2. The summed E-state index contributed by atoms with van der Waals surface area (Å²) >= 11 is 0. The van der Waals surface area contributed by atoms with Gasteiger partial charge < -0.3 is 25.3 Å². The molecule has 114 valence electrons. The highest BCUT2D eigenvalue weighted by Gasteiger charge is 2.31. The summed E-state index contributed by atoms with van der Waals surface area (Å²) in [6, 6.07) is 10.0. The molecule has 0 amide bonds. The first-order chi connectivity index (χ1) is 8.91. The van der Waals surface area contributed by atoms with E-state index in [9.17, 15) is 0 Å². The number of hydrogen-bond donors (Lipinski definition) is 5. The van der Waals surface area contributed by atoms with Gasteiger partial charge in [-0.3, -0.25) is 0 Å². The summed E-state index contributed by atoms with van der Waals surface area (Å²) in [4.78, 5) is 0. The van der Waals surface area contributed by atoms with E-state index >= 15 is 0 Å². The molecule has 0 aliphatic heterocycles. The Bertz CT molecular complexity index is 337. The summed E-state index contributed by atoms with van der Waals surface area (Å²) in [6.07, 6.45) is 1.83. The van der Waals surface area contributed by atoms with Crippen LogP contribution in [-0.2, 0) is 0 Å². The Balaban J connectivity index is 0. The quantitative estimate of drug-likeness (QED) is 0.517. The number of aliphatic hydroxyl groups is 2. The lowest BCUT2D eigenvalue weighted by Crippen LogP contribution is -2.44. The first-order valence-corrected chi connectivity index (χ1v) is 6.08. The van der Waals surface area contributed by atoms with Gasteiger partial charge in [0.2, 0.25) is 0 Å². The molecular formula is C14H25BO5. The molecule has 0 aliphatic rings. The summed E-state index contributed by atoms with van der Waals surface area (Å²) in [7, 11) is -2.17. The largest absolute Gasteiger partial charge is 0.631 e. The van der Waals surface area contributed by atoms with Gasteiger partial charge in [0, 0.05) is 0 Å². The fourth-order valence-electron chi connectivity index (χ4n) is 0.589. The first kappa shape index (κ1) is 21.1. The van der Waals surface area contributed by atoms with Gasteiger partial charge >= 0.3 is 7.32 Å². The van der Waals surface area contributed by atoms with Crippen molar-refractivity contribution in [3.8, 4) is 0 Å². The van der Waals surface area contributed by atoms with Gasteiger partial charge in [0.15, 0.2) is 0 Å². The Morgan fingerprint density at radius 3 is 1.35 bits per heavy atom. The average molecular weight is 284 g/mol. The van der Waals surface area contributed by atoms with E-state index in [4.69, 9.17) is 25.3 Å². The van der Waals surface area contributed by atoms with Crippen LogP contribution in [0.1, 0.15) is 33.3 Å². The minimum atomic E-state index is -2.17. The molecule has 0 aromatic heterocycles. The Hall–Kier alpha value is -1.18. The number of benzene rings is 1. The molecule has 5 nitrogen and oxygen atoms in total. The number of rotatable bonds is 2. The molecule has 5 N–H and O–H groups in total. The molecule has 6 heteroatoms. The highest BCUT2D eigenvalue weighted by atomic mass is 16.5. The third-order valence-corrected chi connectivity index (χ3v) is 2.53. The molecule has 0 unspecified atom stereocenters. The second-order valence-corrected chi connectivity index (χ2v) is 5.08. The molecule has 0 saturated carbocycles. The van der Waals surface area contributed by atoms with E-state index in [0.717, 1.165) is 0 Å². The fourth-order valence-corrected chi connectivity index (χ4v) is 0.589. The van der Waals surface area contributed by atoms with E-state index in [1.807, 2.05) is 36.4 Å². The molecule has 0 saturated heterocycles. The standard InChI is InChI=1S/C8H8.C6H14O2.BH3O3/c1-2-8-6-4-3-5-7-8;1-5(2,7)6(3,4)8;2-1(3)4/h2-7H,1H2;7-8H,1-4H3;2-4H. The zero-order valence-electron chi connectivity index (χ0n) is 12.5. The van der Waals surface area contributed by atoms with Gasteiger partial charge in [-0.1, -0.05) is 43.0 Å². The summed E-state index contributed by atoms with van der Waals surface area (Å²) in [5.41, 5.74) is -0.840. The van der Waals surface area contributed by atoms with Gasteiger partial charge in [-0.25, -0.2) is 0 Å². The Morgan fingerprint density at radius 1 is 0.900 bits per heavy atom. The van der Waals surface area contributed by atoms with Crippen LogP contribution in [-0.4, -0.2) is 43.8 Å². The van der Waals surface area contributed by atoms with Crippen LogP contribution in [0.3, 0.4) is 0 Å². The molecular weight excluding hydrogens is 259 g/mol. The molecule has 20 heavy (non-hydrogen) atoms. The highest BCUT2D eigenvalue weighted by molar-refractivity contribution is 6.30. The lowest BCUT2D eigenvalue weighted by atomic mass is 9.90. The molecule has 0 spiro atoms. The van der Waals surface area contributed by atoms with Crippen molar-refractivity contribution in [2.45, 2.75) is 38.9 Å². The van der Waals surface area contributed by atoms with E-state index in [1.165, 1.54) is 5.56 Å². The molecule has 0 radical (unpaired) electrons. The smallest absolute Gasteiger partial charge is 0.402 e. The van der Waals surface area contributed by atoms with Crippen LogP contribution in [0.15, 0.2) is 36.9 Å². The van der Waals surface area contributed by atoms with Crippen LogP contribution in [0.4, 0.5) is 0 Å². The van der Waals surface area contributed by atoms with E-state index in [0.29, 0.717) is 0 Å². The lowest BCUT2D eigenvalue weighted by Gasteiger charge is -2.31. The van der Waals surface area contributed by atoms with E-state index < -0.39 is 18.5 Å². The molecule has 0 atom stereocenters.